The van der Waals surface area contributed by atoms with E-state index in [1.54, 1.807) is 0 Å². The van der Waals surface area contributed by atoms with E-state index in [1.165, 1.54) is 23.5 Å². The fourth-order valence-corrected chi connectivity index (χ4v) is 2.05. The second-order valence-electron chi connectivity index (χ2n) is 3.40. The highest BCUT2D eigenvalue weighted by Gasteiger charge is 2.15. The molecule has 0 saturated carbocycles. The van der Waals surface area contributed by atoms with Crippen molar-refractivity contribution in [3.05, 3.63) is 52.0 Å². The van der Waals surface area contributed by atoms with Crippen LogP contribution in [0.5, 0.6) is 5.75 Å². The molecule has 1 heterocycles. The normalized spacial score (nSPS) is 10.2. The summed E-state index contributed by atoms with van der Waals surface area (Å²) in [6.45, 7) is 0.324. The molecule has 88 valence electrons. The van der Waals surface area contributed by atoms with Crippen LogP contribution in [0.3, 0.4) is 0 Å². The number of halogens is 1. The Hall–Kier alpha value is -1.88. The van der Waals surface area contributed by atoms with Gasteiger partial charge in [-0.1, -0.05) is 12.1 Å². The van der Waals surface area contributed by atoms with Crippen LogP contribution in [-0.4, -0.2) is 11.0 Å². The van der Waals surface area contributed by atoms with E-state index in [4.69, 9.17) is 0 Å². The molecule has 1 aromatic heterocycles. The summed E-state index contributed by atoms with van der Waals surface area (Å²) >= 11 is 1.50. The molecule has 0 spiro atoms. The first-order valence-electron chi connectivity index (χ1n) is 4.96. The van der Waals surface area contributed by atoms with Gasteiger partial charge in [-0.3, -0.25) is 4.79 Å². The third-order valence-corrected chi connectivity index (χ3v) is 3.10. The van der Waals surface area contributed by atoms with Crippen LogP contribution >= 0.6 is 11.3 Å². The minimum atomic E-state index is -0.728. The lowest BCUT2D eigenvalue weighted by Gasteiger charge is -2.06. The van der Waals surface area contributed by atoms with Crippen molar-refractivity contribution in [3.63, 3.8) is 0 Å². The molecule has 17 heavy (non-hydrogen) atoms. The van der Waals surface area contributed by atoms with Crippen molar-refractivity contribution in [1.29, 1.82) is 0 Å². The summed E-state index contributed by atoms with van der Waals surface area (Å²) in [6, 6.07) is 7.50. The maximum atomic E-state index is 13.3. The van der Waals surface area contributed by atoms with Crippen molar-refractivity contribution in [3.8, 4) is 5.75 Å². The van der Waals surface area contributed by atoms with E-state index >= 15 is 0 Å². The number of phenols is 1. The molecule has 0 unspecified atom stereocenters. The van der Waals surface area contributed by atoms with Crippen LogP contribution in [-0.2, 0) is 6.54 Å². The molecular formula is C12H10FNO2S. The third kappa shape index (κ3) is 2.62. The number of phenolic OH excluding ortho intramolecular Hbond substituents is 1. The van der Waals surface area contributed by atoms with Gasteiger partial charge in [-0.15, -0.1) is 11.3 Å². The lowest BCUT2D eigenvalue weighted by molar-refractivity contribution is 0.0944. The van der Waals surface area contributed by atoms with Crippen LogP contribution in [0.1, 0.15) is 15.2 Å². The average molecular weight is 251 g/mol. The van der Waals surface area contributed by atoms with Crippen molar-refractivity contribution in [2.24, 2.45) is 0 Å². The van der Waals surface area contributed by atoms with Crippen molar-refractivity contribution in [1.82, 2.24) is 5.32 Å². The third-order valence-electron chi connectivity index (χ3n) is 2.22. The van der Waals surface area contributed by atoms with E-state index in [1.807, 2.05) is 17.5 Å². The molecule has 1 aromatic carbocycles. The van der Waals surface area contributed by atoms with Gasteiger partial charge < -0.3 is 10.4 Å². The molecule has 5 heteroatoms. The quantitative estimate of drug-likeness (QED) is 0.880. The number of hydrogen-bond donors (Lipinski definition) is 2. The molecule has 0 aliphatic heterocycles. The Morgan fingerprint density at radius 3 is 2.82 bits per heavy atom. The molecule has 2 rings (SSSR count). The highest BCUT2D eigenvalue weighted by molar-refractivity contribution is 7.09. The molecule has 0 radical (unpaired) electrons. The van der Waals surface area contributed by atoms with E-state index in [-0.39, 0.29) is 11.3 Å². The number of carbonyl (C=O) groups excluding carboxylic acids is 1. The summed E-state index contributed by atoms with van der Waals surface area (Å²) in [5.41, 5.74) is -0.316. The molecule has 3 nitrogen and oxygen atoms in total. The zero-order valence-corrected chi connectivity index (χ0v) is 9.63. The number of benzene rings is 1. The van der Waals surface area contributed by atoms with Gasteiger partial charge in [-0.2, -0.15) is 0 Å². The first-order chi connectivity index (χ1) is 8.18. The van der Waals surface area contributed by atoms with Crippen molar-refractivity contribution in [2.45, 2.75) is 6.54 Å². The zero-order valence-electron chi connectivity index (χ0n) is 8.81. The Balaban J connectivity index is 2.10. The summed E-state index contributed by atoms with van der Waals surface area (Å²) in [4.78, 5) is 12.6. The Labute approximate surface area is 102 Å². The largest absolute Gasteiger partial charge is 0.507 e. The number of amides is 1. The number of hydrogen-bond acceptors (Lipinski definition) is 3. The molecule has 1 amide bonds. The first-order valence-corrected chi connectivity index (χ1v) is 5.84. The minimum absolute atomic E-state index is 0.316. The summed E-state index contributed by atoms with van der Waals surface area (Å²) in [5, 5.41) is 13.9. The van der Waals surface area contributed by atoms with Crippen molar-refractivity contribution in [2.75, 3.05) is 0 Å². The molecule has 0 atom stereocenters. The first kappa shape index (κ1) is 11.6. The van der Waals surface area contributed by atoms with Gasteiger partial charge in [0.15, 0.2) is 0 Å². The Morgan fingerprint density at radius 1 is 1.35 bits per heavy atom. The molecule has 0 aliphatic rings. The lowest BCUT2D eigenvalue weighted by Crippen LogP contribution is -2.23. The number of nitrogens with one attached hydrogen (secondary N) is 1. The number of thiophene rings is 1. The van der Waals surface area contributed by atoms with E-state index in [2.05, 4.69) is 5.32 Å². The topological polar surface area (TPSA) is 49.3 Å². The van der Waals surface area contributed by atoms with Crippen LogP contribution in [0.15, 0.2) is 35.7 Å². The second kappa shape index (κ2) is 4.97. The van der Waals surface area contributed by atoms with Gasteiger partial charge in [0.25, 0.3) is 5.91 Å². The summed E-state index contributed by atoms with van der Waals surface area (Å²) in [7, 11) is 0. The van der Waals surface area contributed by atoms with Gasteiger partial charge in [-0.05, 0) is 23.6 Å². The average Bonchev–Trinajstić information content (AvgIpc) is 2.79. The maximum Gasteiger partial charge on any atom is 0.258 e. The van der Waals surface area contributed by atoms with E-state index < -0.39 is 11.7 Å². The standard InChI is InChI=1S/C12H10FNO2S/c13-9-4-1-5-10(15)11(9)12(16)14-7-8-3-2-6-17-8/h1-6,15H,7H2,(H,14,16). The van der Waals surface area contributed by atoms with Gasteiger partial charge in [-0.25, -0.2) is 4.39 Å². The molecule has 2 aromatic rings. The smallest absolute Gasteiger partial charge is 0.258 e. The van der Waals surface area contributed by atoms with Gasteiger partial charge in [0.1, 0.15) is 17.1 Å². The zero-order chi connectivity index (χ0) is 12.3. The molecular weight excluding hydrogens is 241 g/mol. The molecule has 0 bridgehead atoms. The summed E-state index contributed by atoms with van der Waals surface area (Å²) in [5.74, 6) is -1.70. The summed E-state index contributed by atoms with van der Waals surface area (Å²) in [6.07, 6.45) is 0. The van der Waals surface area contributed by atoms with Crippen LogP contribution in [0.4, 0.5) is 4.39 Å². The van der Waals surface area contributed by atoms with Gasteiger partial charge in [0.05, 0.1) is 6.54 Å². The van der Waals surface area contributed by atoms with Gasteiger partial charge in [0, 0.05) is 4.88 Å². The fourth-order valence-electron chi connectivity index (χ4n) is 1.41. The summed E-state index contributed by atoms with van der Waals surface area (Å²) < 4.78 is 13.3. The molecule has 0 fully saturated rings. The minimum Gasteiger partial charge on any atom is -0.507 e. The highest BCUT2D eigenvalue weighted by Crippen LogP contribution is 2.19. The molecule has 2 N–H and O–H groups in total. The monoisotopic (exact) mass is 251 g/mol. The lowest BCUT2D eigenvalue weighted by atomic mass is 10.1. The maximum absolute atomic E-state index is 13.3. The molecule has 0 aliphatic carbocycles. The van der Waals surface area contributed by atoms with Crippen LogP contribution in [0.25, 0.3) is 0 Å². The van der Waals surface area contributed by atoms with Crippen LogP contribution in [0.2, 0.25) is 0 Å². The van der Waals surface area contributed by atoms with E-state index in [0.29, 0.717) is 6.54 Å². The Bertz CT molecular complexity index is 505. The van der Waals surface area contributed by atoms with Crippen LogP contribution < -0.4 is 5.32 Å². The number of rotatable bonds is 3. The van der Waals surface area contributed by atoms with Crippen molar-refractivity contribution < 1.29 is 14.3 Å². The van der Waals surface area contributed by atoms with Gasteiger partial charge in [0.2, 0.25) is 0 Å². The van der Waals surface area contributed by atoms with E-state index in [0.717, 1.165) is 10.9 Å². The predicted molar refractivity (Wildman–Crippen MR) is 63.6 cm³/mol. The molecule has 0 saturated heterocycles. The van der Waals surface area contributed by atoms with Crippen LogP contribution in [0, 0.1) is 5.82 Å². The number of aromatic hydroxyl groups is 1. The Morgan fingerprint density at radius 2 is 2.18 bits per heavy atom. The fraction of sp³-hybridized carbons (Fsp3) is 0.0833. The Kier molecular flexibility index (Phi) is 3.39. The SMILES string of the molecule is O=C(NCc1cccs1)c1c(O)cccc1F. The van der Waals surface area contributed by atoms with Gasteiger partial charge >= 0.3 is 0 Å². The predicted octanol–water partition coefficient (Wildman–Crippen LogP) is 2.52. The second-order valence-corrected chi connectivity index (χ2v) is 4.43. The number of carbonyl (C=O) groups is 1. The van der Waals surface area contributed by atoms with E-state index in [9.17, 15) is 14.3 Å². The highest BCUT2D eigenvalue weighted by atomic mass is 32.1. The van der Waals surface area contributed by atoms with Crippen molar-refractivity contribution >= 4 is 17.2 Å².